The first kappa shape index (κ1) is 28.6. The summed E-state index contributed by atoms with van der Waals surface area (Å²) in [4.78, 5) is 11.4. The lowest BCUT2D eigenvalue weighted by Gasteiger charge is -2.44. The van der Waals surface area contributed by atoms with E-state index in [0.29, 0.717) is 12.9 Å². The van der Waals surface area contributed by atoms with Crippen LogP contribution >= 0.6 is 0 Å². The molecule has 3 rings (SSSR count). The summed E-state index contributed by atoms with van der Waals surface area (Å²) in [5.74, 6) is -0.0773. The molecule has 6 heteroatoms. The van der Waals surface area contributed by atoms with E-state index in [4.69, 9.17) is 13.6 Å². The van der Waals surface area contributed by atoms with E-state index in [1.165, 1.54) is 10.4 Å². The van der Waals surface area contributed by atoms with Crippen molar-refractivity contribution < 1.29 is 18.4 Å². The van der Waals surface area contributed by atoms with Gasteiger partial charge in [-0.2, -0.15) is 0 Å². The number of hydrogen-bond donors (Lipinski definition) is 0. The van der Waals surface area contributed by atoms with E-state index in [9.17, 15) is 4.79 Å². The minimum atomic E-state index is -2.10. The second-order valence-corrected chi connectivity index (χ2v) is 19.7. The first-order valence-electron chi connectivity index (χ1n) is 13.0. The fourth-order valence-electron chi connectivity index (χ4n) is 4.82. The zero-order chi connectivity index (χ0) is 26.7. The minimum absolute atomic E-state index is 0.0614. The first-order valence-corrected chi connectivity index (χ1v) is 17.5. The topological polar surface area (TPSA) is 44.8 Å². The van der Waals surface area contributed by atoms with Crippen LogP contribution in [0.25, 0.3) is 0 Å². The van der Waals surface area contributed by atoms with Gasteiger partial charge in [0.2, 0.25) is 9.04 Å². The normalized spacial score (nSPS) is 22.0. The van der Waals surface area contributed by atoms with Crippen LogP contribution in [0.2, 0.25) is 18.1 Å². The molecule has 0 heterocycles. The molecule has 0 radical (unpaired) electrons. The van der Waals surface area contributed by atoms with Gasteiger partial charge in [-0.3, -0.25) is 4.79 Å². The van der Waals surface area contributed by atoms with Gasteiger partial charge in [-0.25, -0.2) is 0 Å². The Kier molecular flexibility index (Phi) is 8.87. The van der Waals surface area contributed by atoms with Gasteiger partial charge < -0.3 is 13.6 Å². The number of ether oxygens (including phenoxy) is 1. The molecule has 1 aliphatic rings. The molecule has 1 saturated carbocycles. The lowest BCUT2D eigenvalue weighted by molar-refractivity contribution is -0.132. The lowest BCUT2D eigenvalue weighted by Crippen LogP contribution is -2.54. The Balaban J connectivity index is 2.06. The van der Waals surface area contributed by atoms with Gasteiger partial charge in [0.05, 0.1) is 12.2 Å². The molecule has 36 heavy (non-hydrogen) atoms. The molecule has 0 aromatic heterocycles. The van der Waals surface area contributed by atoms with Crippen molar-refractivity contribution in [3.8, 4) is 0 Å². The molecule has 0 bridgehead atoms. The zero-order valence-corrected chi connectivity index (χ0v) is 25.4. The fraction of sp³-hybridized carbons (Fsp3) is 0.500. The maximum absolute atomic E-state index is 11.4. The highest BCUT2D eigenvalue weighted by atomic mass is 28.4. The van der Waals surface area contributed by atoms with Gasteiger partial charge in [-0.05, 0) is 39.5 Å². The van der Waals surface area contributed by atoms with Gasteiger partial charge >= 0.3 is 0 Å². The number of hydrogen-bond acceptors (Lipinski definition) is 4. The fourth-order valence-corrected chi connectivity index (χ4v) is 8.88. The van der Waals surface area contributed by atoms with Crippen molar-refractivity contribution in [3.63, 3.8) is 0 Å². The molecular weight excluding hydrogens is 480 g/mol. The third-order valence-electron chi connectivity index (χ3n) is 7.83. The molecule has 4 unspecified atom stereocenters. The van der Waals surface area contributed by atoms with Crippen molar-refractivity contribution in [2.24, 2.45) is 11.3 Å². The summed E-state index contributed by atoms with van der Waals surface area (Å²) in [5, 5.41) is 2.54. The predicted molar refractivity (Wildman–Crippen MR) is 154 cm³/mol. The van der Waals surface area contributed by atoms with Crippen LogP contribution < -0.4 is 10.4 Å². The van der Waals surface area contributed by atoms with E-state index >= 15 is 0 Å². The average molecular weight is 525 g/mol. The number of rotatable bonds is 9. The van der Waals surface area contributed by atoms with Crippen molar-refractivity contribution in [2.75, 3.05) is 0 Å². The molecule has 2 aromatic rings. The minimum Gasteiger partial charge on any atom is -0.460 e. The zero-order valence-electron chi connectivity index (χ0n) is 23.3. The van der Waals surface area contributed by atoms with Gasteiger partial charge in [0, 0.05) is 12.3 Å². The molecule has 0 spiro atoms. The maximum atomic E-state index is 11.4. The highest BCUT2D eigenvalue weighted by molar-refractivity contribution is 6.80. The van der Waals surface area contributed by atoms with E-state index in [-0.39, 0.29) is 34.7 Å². The van der Waals surface area contributed by atoms with Crippen molar-refractivity contribution in [1.82, 2.24) is 0 Å². The Hall–Kier alpha value is -2.00. The number of benzene rings is 2. The Morgan fingerprint density at radius 2 is 1.44 bits per heavy atom. The molecule has 1 aliphatic carbocycles. The molecule has 196 valence electrons. The second-order valence-electron chi connectivity index (χ2n) is 12.6. The predicted octanol–water partition coefficient (Wildman–Crippen LogP) is 5.46. The molecular formula is C30H44O4Si2. The van der Waals surface area contributed by atoms with Gasteiger partial charge in [0.1, 0.15) is 6.10 Å². The summed E-state index contributed by atoms with van der Waals surface area (Å²) >= 11 is 0. The average Bonchev–Trinajstić information content (AvgIpc) is 3.08. The van der Waals surface area contributed by atoms with Gasteiger partial charge in [0.25, 0.3) is 6.47 Å². The van der Waals surface area contributed by atoms with E-state index in [1.807, 2.05) is 12.1 Å². The molecule has 0 amide bonds. The smallest absolute Gasteiger partial charge is 0.293 e. The highest BCUT2D eigenvalue weighted by Gasteiger charge is 2.51. The summed E-state index contributed by atoms with van der Waals surface area (Å²) in [6.07, 6.45) is -0.0109. The van der Waals surface area contributed by atoms with E-state index in [1.54, 1.807) is 0 Å². The van der Waals surface area contributed by atoms with Gasteiger partial charge in [0.15, 0.2) is 8.32 Å². The van der Waals surface area contributed by atoms with Gasteiger partial charge in [-0.15, -0.1) is 0 Å². The first-order chi connectivity index (χ1) is 16.8. The Morgan fingerprint density at radius 1 is 0.944 bits per heavy atom. The van der Waals surface area contributed by atoms with Crippen molar-refractivity contribution in [1.29, 1.82) is 0 Å². The van der Waals surface area contributed by atoms with E-state index in [0.717, 1.165) is 5.57 Å². The van der Waals surface area contributed by atoms with Crippen LogP contribution in [-0.4, -0.2) is 42.1 Å². The van der Waals surface area contributed by atoms with Crippen LogP contribution in [-0.2, 0) is 18.4 Å². The lowest BCUT2D eigenvalue weighted by atomic mass is 9.78. The molecule has 2 aromatic carbocycles. The summed E-state index contributed by atoms with van der Waals surface area (Å²) in [6, 6.07) is 21.1. The molecule has 1 fully saturated rings. The van der Waals surface area contributed by atoms with Crippen LogP contribution in [0.15, 0.2) is 72.8 Å². The van der Waals surface area contributed by atoms with E-state index < -0.39 is 17.4 Å². The molecule has 4 nitrogen and oxygen atoms in total. The van der Waals surface area contributed by atoms with Crippen LogP contribution in [0, 0.1) is 11.3 Å². The largest absolute Gasteiger partial charge is 0.460 e. The van der Waals surface area contributed by atoms with Gasteiger partial charge in [-0.1, -0.05) is 109 Å². The molecule has 0 aliphatic heterocycles. The van der Waals surface area contributed by atoms with Crippen LogP contribution in [0.4, 0.5) is 0 Å². The highest BCUT2D eigenvalue weighted by Crippen LogP contribution is 2.47. The second kappa shape index (κ2) is 11.2. The Morgan fingerprint density at radius 3 is 1.86 bits per heavy atom. The Bertz CT molecular complexity index is 969. The number of carbonyl (C=O) groups is 1. The van der Waals surface area contributed by atoms with Crippen molar-refractivity contribution in [2.45, 2.75) is 84.4 Å². The maximum Gasteiger partial charge on any atom is 0.293 e. The SMILES string of the molecule is C=C1C(OC=O)CC(O[Si](C)(C)C(C)(C)C)C1C(O[SiH](c1ccccc1)c1ccccc1)C(C)(C)C. The third-order valence-corrected chi connectivity index (χ3v) is 14.9. The summed E-state index contributed by atoms with van der Waals surface area (Å²) in [6.45, 7) is 23.0. The van der Waals surface area contributed by atoms with Crippen LogP contribution in [0.5, 0.6) is 0 Å². The summed E-state index contributed by atoms with van der Waals surface area (Å²) in [7, 11) is -4.13. The van der Waals surface area contributed by atoms with Crippen molar-refractivity contribution in [3.05, 3.63) is 72.8 Å². The third kappa shape index (κ3) is 6.46. The van der Waals surface area contributed by atoms with Crippen LogP contribution in [0.1, 0.15) is 48.0 Å². The standard InChI is InChI=1S/C30H44O4Si2/c1-22-25(32-21-31)20-26(34-36(8,9)30(5,6)7)27(22)28(29(2,3)4)33-35(23-16-12-10-13-17-23)24-18-14-11-15-19-24/h10-19,21,25-28,35H,1,20H2,2-9H3. The molecule has 0 N–H and O–H groups in total. The molecule has 0 saturated heterocycles. The van der Waals surface area contributed by atoms with Crippen LogP contribution in [0.3, 0.4) is 0 Å². The summed E-state index contributed by atoms with van der Waals surface area (Å²) in [5.41, 5.74) is 0.715. The quantitative estimate of drug-likeness (QED) is 0.248. The van der Waals surface area contributed by atoms with E-state index in [2.05, 4.69) is 110 Å². The molecule has 4 atom stereocenters. The number of carbonyl (C=O) groups excluding carboxylic acids is 1. The summed E-state index contributed by atoms with van der Waals surface area (Å²) < 4.78 is 19.8. The Labute approximate surface area is 220 Å². The van der Waals surface area contributed by atoms with Crippen molar-refractivity contribution >= 4 is 34.2 Å². The monoisotopic (exact) mass is 524 g/mol.